The highest BCUT2D eigenvalue weighted by Gasteiger charge is 2.04. The highest BCUT2D eigenvalue weighted by atomic mass is 32.1. The van der Waals surface area contributed by atoms with E-state index in [2.05, 4.69) is 12.2 Å². The van der Waals surface area contributed by atoms with Crippen LogP contribution in [0.1, 0.15) is 42.1 Å². The van der Waals surface area contributed by atoms with Gasteiger partial charge in [0.2, 0.25) is 0 Å². The second kappa shape index (κ2) is 10.3. The molecule has 0 bridgehead atoms. The van der Waals surface area contributed by atoms with Crippen molar-refractivity contribution in [3.63, 3.8) is 0 Å². The lowest BCUT2D eigenvalue weighted by atomic mass is 10.1. The smallest absolute Gasteiger partial charge is 0.251 e. The summed E-state index contributed by atoms with van der Waals surface area (Å²) in [5.74, 6) is -0.0644. The summed E-state index contributed by atoms with van der Waals surface area (Å²) in [6, 6.07) is 7.34. The number of carbonyl (C=O) groups excluding carboxylic acids is 1. The molecule has 21 heavy (non-hydrogen) atoms. The first kappa shape index (κ1) is 17.6. The number of rotatable bonds is 10. The minimum absolute atomic E-state index is 0.0644. The summed E-state index contributed by atoms with van der Waals surface area (Å²) in [5, 5.41) is 2.88. The number of nitrogens with two attached hydrogens (primary N) is 1. The Bertz CT molecular complexity index is 446. The van der Waals surface area contributed by atoms with E-state index in [0.717, 1.165) is 31.4 Å². The number of ether oxygens (including phenoxy) is 1. The maximum absolute atomic E-state index is 11.9. The average molecular weight is 308 g/mol. The topological polar surface area (TPSA) is 64.3 Å². The maximum atomic E-state index is 11.9. The largest absolute Gasteiger partial charge is 0.393 e. The van der Waals surface area contributed by atoms with Crippen molar-refractivity contribution in [2.75, 3.05) is 19.8 Å². The van der Waals surface area contributed by atoms with Crippen LogP contribution in [0.5, 0.6) is 0 Å². The molecule has 0 atom stereocenters. The van der Waals surface area contributed by atoms with E-state index in [4.69, 9.17) is 22.7 Å². The van der Waals surface area contributed by atoms with Crippen LogP contribution in [0.25, 0.3) is 0 Å². The molecular weight excluding hydrogens is 284 g/mol. The molecule has 0 aliphatic carbocycles. The van der Waals surface area contributed by atoms with Gasteiger partial charge in [0.25, 0.3) is 5.91 Å². The molecule has 0 aromatic heterocycles. The normalized spacial score (nSPS) is 10.3. The first-order chi connectivity index (χ1) is 10.1. The molecule has 5 heteroatoms. The number of amides is 1. The molecule has 1 aromatic carbocycles. The van der Waals surface area contributed by atoms with Gasteiger partial charge in [-0.25, -0.2) is 0 Å². The van der Waals surface area contributed by atoms with Crippen molar-refractivity contribution in [2.24, 2.45) is 5.73 Å². The fourth-order valence-corrected chi connectivity index (χ4v) is 1.97. The Morgan fingerprint density at radius 1 is 1.24 bits per heavy atom. The lowest BCUT2D eigenvalue weighted by Gasteiger charge is -2.07. The molecule has 116 valence electrons. The Morgan fingerprint density at radius 3 is 2.52 bits per heavy atom. The fraction of sp³-hybridized carbons (Fsp3) is 0.500. The van der Waals surface area contributed by atoms with Crippen molar-refractivity contribution in [2.45, 2.75) is 32.6 Å². The summed E-state index contributed by atoms with van der Waals surface area (Å²) >= 11 is 4.86. The van der Waals surface area contributed by atoms with Gasteiger partial charge in [0.05, 0.1) is 4.99 Å². The van der Waals surface area contributed by atoms with Crippen LogP contribution in [0.15, 0.2) is 24.3 Å². The van der Waals surface area contributed by atoms with Gasteiger partial charge in [0, 0.05) is 31.7 Å². The lowest BCUT2D eigenvalue weighted by Crippen LogP contribution is -2.25. The second-order valence-electron chi connectivity index (χ2n) is 4.92. The molecule has 1 amide bonds. The van der Waals surface area contributed by atoms with E-state index in [0.29, 0.717) is 30.1 Å². The Hall–Kier alpha value is -1.46. The SMILES string of the molecule is CCCCOCCCNC(=O)c1ccc(CC(N)=S)cc1. The molecule has 0 heterocycles. The summed E-state index contributed by atoms with van der Waals surface area (Å²) < 4.78 is 5.44. The van der Waals surface area contributed by atoms with E-state index >= 15 is 0 Å². The van der Waals surface area contributed by atoms with Crippen molar-refractivity contribution < 1.29 is 9.53 Å². The van der Waals surface area contributed by atoms with Gasteiger partial charge in [-0.2, -0.15) is 0 Å². The quantitative estimate of drug-likeness (QED) is 0.515. The van der Waals surface area contributed by atoms with Crippen LogP contribution >= 0.6 is 12.2 Å². The number of thiocarbonyl (C=S) groups is 1. The highest BCUT2D eigenvalue weighted by Crippen LogP contribution is 2.05. The molecule has 0 aliphatic heterocycles. The molecule has 0 saturated heterocycles. The van der Waals surface area contributed by atoms with Crippen molar-refractivity contribution >= 4 is 23.1 Å². The second-order valence-corrected chi connectivity index (χ2v) is 5.44. The van der Waals surface area contributed by atoms with Gasteiger partial charge < -0.3 is 15.8 Å². The van der Waals surface area contributed by atoms with E-state index < -0.39 is 0 Å². The van der Waals surface area contributed by atoms with E-state index in [1.165, 1.54) is 0 Å². The van der Waals surface area contributed by atoms with E-state index in [1.54, 1.807) is 12.1 Å². The minimum Gasteiger partial charge on any atom is -0.393 e. The number of nitrogens with one attached hydrogen (secondary N) is 1. The van der Waals surface area contributed by atoms with Gasteiger partial charge in [-0.15, -0.1) is 0 Å². The summed E-state index contributed by atoms with van der Waals surface area (Å²) in [6.07, 6.45) is 3.62. The third kappa shape index (κ3) is 7.78. The van der Waals surface area contributed by atoms with E-state index in [1.807, 2.05) is 12.1 Å². The van der Waals surface area contributed by atoms with Crippen LogP contribution < -0.4 is 11.1 Å². The molecule has 0 fully saturated rings. The van der Waals surface area contributed by atoms with Crippen molar-refractivity contribution in [3.8, 4) is 0 Å². The van der Waals surface area contributed by atoms with E-state index in [9.17, 15) is 4.79 Å². The monoisotopic (exact) mass is 308 g/mol. The van der Waals surface area contributed by atoms with Crippen molar-refractivity contribution in [1.82, 2.24) is 5.32 Å². The number of hydrogen-bond donors (Lipinski definition) is 2. The summed E-state index contributed by atoms with van der Waals surface area (Å²) in [4.78, 5) is 12.4. The summed E-state index contributed by atoms with van der Waals surface area (Å²) in [6.45, 7) is 4.25. The van der Waals surface area contributed by atoms with Crippen LogP contribution in [0, 0.1) is 0 Å². The van der Waals surface area contributed by atoms with Crippen LogP contribution in [-0.4, -0.2) is 30.7 Å². The third-order valence-corrected chi connectivity index (χ3v) is 3.13. The van der Waals surface area contributed by atoms with Gasteiger partial charge in [-0.1, -0.05) is 37.7 Å². The minimum atomic E-state index is -0.0644. The standard InChI is InChI=1S/C16H24N2O2S/c1-2-3-10-20-11-4-9-18-16(19)14-7-5-13(6-8-14)12-15(17)21/h5-8H,2-4,9-12H2,1H3,(H2,17,21)(H,18,19). The fourth-order valence-electron chi connectivity index (χ4n) is 1.80. The number of unbranched alkanes of at least 4 members (excludes halogenated alkanes) is 1. The van der Waals surface area contributed by atoms with Crippen molar-refractivity contribution in [1.29, 1.82) is 0 Å². The van der Waals surface area contributed by atoms with Gasteiger partial charge in [0.1, 0.15) is 0 Å². The van der Waals surface area contributed by atoms with Crippen LogP contribution in [0.2, 0.25) is 0 Å². The van der Waals surface area contributed by atoms with Crippen molar-refractivity contribution in [3.05, 3.63) is 35.4 Å². The maximum Gasteiger partial charge on any atom is 0.251 e. The van der Waals surface area contributed by atoms with Gasteiger partial charge in [0.15, 0.2) is 0 Å². The Morgan fingerprint density at radius 2 is 1.90 bits per heavy atom. The zero-order valence-electron chi connectivity index (χ0n) is 12.6. The predicted molar refractivity (Wildman–Crippen MR) is 89.6 cm³/mol. The highest BCUT2D eigenvalue weighted by molar-refractivity contribution is 7.80. The van der Waals surface area contributed by atoms with Gasteiger partial charge in [-0.05, 0) is 30.5 Å². The first-order valence-electron chi connectivity index (χ1n) is 7.36. The molecule has 0 radical (unpaired) electrons. The summed E-state index contributed by atoms with van der Waals surface area (Å²) in [5.41, 5.74) is 7.15. The zero-order valence-corrected chi connectivity index (χ0v) is 13.4. The molecule has 0 saturated carbocycles. The Kier molecular flexibility index (Phi) is 8.62. The average Bonchev–Trinajstić information content (AvgIpc) is 2.46. The van der Waals surface area contributed by atoms with Crippen LogP contribution in [-0.2, 0) is 11.2 Å². The number of carbonyl (C=O) groups is 1. The van der Waals surface area contributed by atoms with E-state index in [-0.39, 0.29) is 5.91 Å². The van der Waals surface area contributed by atoms with Gasteiger partial charge >= 0.3 is 0 Å². The Labute approximate surface area is 132 Å². The zero-order chi connectivity index (χ0) is 15.5. The van der Waals surface area contributed by atoms with Crippen LogP contribution in [0.3, 0.4) is 0 Å². The molecule has 0 aliphatic rings. The molecule has 3 N–H and O–H groups in total. The number of hydrogen-bond acceptors (Lipinski definition) is 3. The predicted octanol–water partition coefficient (Wildman–Crippen LogP) is 2.45. The molecule has 0 unspecified atom stereocenters. The molecule has 1 rings (SSSR count). The molecule has 4 nitrogen and oxygen atoms in total. The number of benzene rings is 1. The van der Waals surface area contributed by atoms with Crippen LogP contribution in [0.4, 0.5) is 0 Å². The first-order valence-corrected chi connectivity index (χ1v) is 7.77. The molecule has 1 aromatic rings. The molecular formula is C16H24N2O2S. The van der Waals surface area contributed by atoms with Gasteiger partial charge in [-0.3, -0.25) is 4.79 Å². The molecule has 0 spiro atoms. The lowest BCUT2D eigenvalue weighted by molar-refractivity contribution is 0.0940. The third-order valence-electron chi connectivity index (χ3n) is 2.99. The Balaban J connectivity index is 2.24. The summed E-state index contributed by atoms with van der Waals surface area (Å²) in [7, 11) is 0.